The highest BCUT2D eigenvalue weighted by atomic mass is 35.5. The van der Waals surface area contributed by atoms with Crippen molar-refractivity contribution in [3.05, 3.63) is 65.5 Å². The molecule has 3 heterocycles. The summed E-state index contributed by atoms with van der Waals surface area (Å²) in [6.45, 7) is 0.357. The van der Waals surface area contributed by atoms with Gasteiger partial charge in [0, 0.05) is 23.5 Å². The van der Waals surface area contributed by atoms with E-state index in [0.717, 1.165) is 36.2 Å². The zero-order valence-corrected chi connectivity index (χ0v) is 14.7. The summed E-state index contributed by atoms with van der Waals surface area (Å²) in [5.74, 6) is 0.547. The molecular weight excluding hydrogens is 350 g/mol. The highest BCUT2D eigenvalue weighted by Gasteiger charge is 2.20. The molecule has 0 aromatic carbocycles. The number of aromatic nitrogens is 4. The monoisotopic (exact) mass is 365 g/mol. The fourth-order valence-electron chi connectivity index (χ4n) is 3.00. The molecule has 26 heavy (non-hydrogen) atoms. The Bertz CT molecular complexity index is 956. The van der Waals surface area contributed by atoms with Crippen molar-refractivity contribution in [3.8, 4) is 23.2 Å². The summed E-state index contributed by atoms with van der Waals surface area (Å²) in [5.41, 5.74) is 4.99. The Morgan fingerprint density at radius 1 is 1.15 bits per heavy atom. The van der Waals surface area contributed by atoms with E-state index in [1.807, 2.05) is 30.3 Å². The third-order valence-electron chi connectivity index (χ3n) is 4.15. The number of pyridine rings is 2. The standard InChI is InChI=1S/C19H15N5O.ClH/c20-9-14-10-21-11-18(23-14)16-8-19(24-17-6-3-5-15(16)17)25-12-13-4-1-2-7-22-13;/h1-2,4,7-8,10-11H,3,5-6,12H2;1H. The smallest absolute Gasteiger partial charge is 0.214 e. The fourth-order valence-corrected chi connectivity index (χ4v) is 3.00. The lowest BCUT2D eigenvalue weighted by Crippen LogP contribution is -2.03. The van der Waals surface area contributed by atoms with Crippen LogP contribution in [0.3, 0.4) is 0 Å². The SMILES string of the molecule is Cl.N#Cc1cncc(-c2cc(OCc3ccccn3)nc3c2CCC3)n1. The second-order valence-corrected chi connectivity index (χ2v) is 5.80. The van der Waals surface area contributed by atoms with Gasteiger partial charge in [-0.05, 0) is 37.0 Å². The lowest BCUT2D eigenvalue weighted by molar-refractivity contribution is 0.288. The molecule has 0 saturated heterocycles. The van der Waals surface area contributed by atoms with Gasteiger partial charge in [-0.1, -0.05) is 6.07 Å². The molecule has 0 N–H and O–H groups in total. The second-order valence-electron chi connectivity index (χ2n) is 5.80. The van der Waals surface area contributed by atoms with E-state index in [1.54, 1.807) is 12.4 Å². The summed E-state index contributed by atoms with van der Waals surface area (Å²) in [7, 11) is 0. The molecule has 130 valence electrons. The van der Waals surface area contributed by atoms with Crippen LogP contribution in [0.15, 0.2) is 42.9 Å². The Labute approximate surface area is 157 Å². The van der Waals surface area contributed by atoms with E-state index in [4.69, 9.17) is 10.00 Å². The van der Waals surface area contributed by atoms with Gasteiger partial charge in [0.1, 0.15) is 12.7 Å². The first-order valence-corrected chi connectivity index (χ1v) is 8.11. The van der Waals surface area contributed by atoms with E-state index in [1.165, 1.54) is 11.8 Å². The molecule has 1 aliphatic rings. The normalized spacial score (nSPS) is 12.0. The van der Waals surface area contributed by atoms with E-state index in [0.29, 0.717) is 23.9 Å². The van der Waals surface area contributed by atoms with Crippen molar-refractivity contribution in [2.75, 3.05) is 0 Å². The molecule has 4 rings (SSSR count). The van der Waals surface area contributed by atoms with Gasteiger partial charge in [-0.2, -0.15) is 5.26 Å². The minimum Gasteiger partial charge on any atom is -0.471 e. The van der Waals surface area contributed by atoms with Crippen LogP contribution in [0, 0.1) is 11.3 Å². The van der Waals surface area contributed by atoms with Crippen molar-refractivity contribution in [2.24, 2.45) is 0 Å². The van der Waals surface area contributed by atoms with Crippen molar-refractivity contribution in [3.63, 3.8) is 0 Å². The van der Waals surface area contributed by atoms with E-state index in [9.17, 15) is 0 Å². The highest BCUT2D eigenvalue weighted by Crippen LogP contribution is 2.33. The minimum atomic E-state index is 0. The molecule has 0 fully saturated rings. The maximum atomic E-state index is 9.07. The molecule has 0 atom stereocenters. The Morgan fingerprint density at radius 2 is 2.08 bits per heavy atom. The van der Waals surface area contributed by atoms with E-state index in [2.05, 4.69) is 19.9 Å². The molecule has 0 spiro atoms. The number of rotatable bonds is 4. The maximum absolute atomic E-state index is 9.07. The van der Waals surface area contributed by atoms with Gasteiger partial charge in [0.25, 0.3) is 0 Å². The molecule has 0 radical (unpaired) electrons. The van der Waals surface area contributed by atoms with Crippen LogP contribution in [0.25, 0.3) is 11.3 Å². The lowest BCUT2D eigenvalue weighted by Gasteiger charge is -2.11. The number of halogens is 1. The number of fused-ring (bicyclic) bond motifs is 1. The van der Waals surface area contributed by atoms with Crippen LogP contribution >= 0.6 is 12.4 Å². The summed E-state index contributed by atoms with van der Waals surface area (Å²) < 4.78 is 5.85. The molecule has 0 amide bonds. The minimum absolute atomic E-state index is 0. The van der Waals surface area contributed by atoms with Crippen LogP contribution in [-0.4, -0.2) is 19.9 Å². The molecule has 6 nitrogen and oxygen atoms in total. The third kappa shape index (κ3) is 3.63. The molecule has 0 bridgehead atoms. The maximum Gasteiger partial charge on any atom is 0.214 e. The average molecular weight is 366 g/mol. The summed E-state index contributed by atoms with van der Waals surface area (Å²) in [6.07, 6.45) is 7.82. The van der Waals surface area contributed by atoms with E-state index in [-0.39, 0.29) is 12.4 Å². The molecule has 0 saturated carbocycles. The van der Waals surface area contributed by atoms with Crippen LogP contribution in [0.1, 0.15) is 29.1 Å². The number of nitriles is 1. The van der Waals surface area contributed by atoms with Crippen LogP contribution in [0.5, 0.6) is 5.88 Å². The van der Waals surface area contributed by atoms with Crippen molar-refractivity contribution in [1.82, 2.24) is 19.9 Å². The first-order valence-electron chi connectivity index (χ1n) is 8.11. The van der Waals surface area contributed by atoms with Gasteiger partial charge in [-0.15, -0.1) is 12.4 Å². The van der Waals surface area contributed by atoms with Crippen LogP contribution in [0.2, 0.25) is 0 Å². The van der Waals surface area contributed by atoms with E-state index >= 15 is 0 Å². The van der Waals surface area contributed by atoms with Crippen LogP contribution in [0.4, 0.5) is 0 Å². The third-order valence-corrected chi connectivity index (χ3v) is 4.15. The Morgan fingerprint density at radius 3 is 2.88 bits per heavy atom. The van der Waals surface area contributed by atoms with Gasteiger partial charge in [0.15, 0.2) is 5.69 Å². The molecular formula is C19H16ClN5O. The molecule has 1 aliphatic carbocycles. The van der Waals surface area contributed by atoms with Gasteiger partial charge in [0.2, 0.25) is 5.88 Å². The summed E-state index contributed by atoms with van der Waals surface area (Å²) in [6, 6.07) is 9.64. The fraction of sp³-hybridized carbons (Fsp3) is 0.211. The summed E-state index contributed by atoms with van der Waals surface area (Å²) in [4.78, 5) is 17.4. The predicted octanol–water partition coefficient (Wildman–Crippen LogP) is 3.29. The van der Waals surface area contributed by atoms with E-state index < -0.39 is 0 Å². The zero-order chi connectivity index (χ0) is 17.1. The van der Waals surface area contributed by atoms with Crippen molar-refractivity contribution in [2.45, 2.75) is 25.9 Å². The Hall–Kier alpha value is -3.04. The summed E-state index contributed by atoms with van der Waals surface area (Å²) >= 11 is 0. The number of ether oxygens (including phenoxy) is 1. The Kier molecular flexibility index (Phi) is 5.40. The van der Waals surface area contributed by atoms with Gasteiger partial charge in [-0.3, -0.25) is 9.97 Å². The quantitative estimate of drug-likeness (QED) is 0.705. The number of aryl methyl sites for hydroxylation is 1. The molecule has 0 aliphatic heterocycles. The first kappa shape index (κ1) is 17.8. The average Bonchev–Trinajstić information content (AvgIpc) is 3.15. The van der Waals surface area contributed by atoms with Gasteiger partial charge < -0.3 is 4.74 Å². The lowest BCUT2D eigenvalue weighted by atomic mass is 10.0. The predicted molar refractivity (Wildman–Crippen MR) is 97.8 cm³/mol. The zero-order valence-electron chi connectivity index (χ0n) is 13.9. The number of hydrogen-bond donors (Lipinski definition) is 0. The number of nitrogens with zero attached hydrogens (tertiary/aromatic N) is 5. The van der Waals surface area contributed by atoms with Crippen molar-refractivity contribution < 1.29 is 4.74 Å². The molecule has 7 heteroatoms. The summed E-state index contributed by atoms with van der Waals surface area (Å²) in [5, 5.41) is 9.07. The molecule has 3 aromatic heterocycles. The highest BCUT2D eigenvalue weighted by molar-refractivity contribution is 5.85. The van der Waals surface area contributed by atoms with Gasteiger partial charge in [0.05, 0.1) is 23.8 Å². The topological polar surface area (TPSA) is 84.6 Å². The van der Waals surface area contributed by atoms with Crippen molar-refractivity contribution >= 4 is 12.4 Å². The van der Waals surface area contributed by atoms with Crippen molar-refractivity contribution in [1.29, 1.82) is 5.26 Å². The van der Waals surface area contributed by atoms with Crippen LogP contribution in [-0.2, 0) is 19.4 Å². The molecule has 3 aromatic rings. The Balaban J connectivity index is 0.00000196. The molecule has 0 unspecified atom stereocenters. The number of hydrogen-bond acceptors (Lipinski definition) is 6. The van der Waals surface area contributed by atoms with Crippen LogP contribution < -0.4 is 4.74 Å². The van der Waals surface area contributed by atoms with Gasteiger partial charge >= 0.3 is 0 Å². The second kappa shape index (κ2) is 7.89. The largest absolute Gasteiger partial charge is 0.471 e. The first-order chi connectivity index (χ1) is 12.3. The van der Waals surface area contributed by atoms with Gasteiger partial charge in [-0.25, -0.2) is 9.97 Å².